The second kappa shape index (κ2) is 4.42. The average molecular weight is 237 g/mol. The van der Waals surface area contributed by atoms with Crippen LogP contribution in [-0.2, 0) is 11.3 Å². The van der Waals surface area contributed by atoms with E-state index >= 15 is 0 Å². The number of carbonyl (C=O) groups excluding carboxylic acids is 1. The summed E-state index contributed by atoms with van der Waals surface area (Å²) in [6, 6.07) is 1.45. The van der Waals surface area contributed by atoms with Gasteiger partial charge in [-0.3, -0.25) is 4.79 Å². The van der Waals surface area contributed by atoms with E-state index in [9.17, 15) is 9.59 Å². The number of nitrogens with one attached hydrogen (secondary N) is 1. The van der Waals surface area contributed by atoms with Crippen molar-refractivity contribution in [3.05, 3.63) is 39.1 Å². The minimum absolute atomic E-state index is 0.0748. The molecule has 0 atom stereocenters. The molecule has 6 heteroatoms. The van der Waals surface area contributed by atoms with E-state index in [4.69, 9.17) is 14.3 Å². The van der Waals surface area contributed by atoms with Gasteiger partial charge in [0.1, 0.15) is 23.7 Å². The van der Waals surface area contributed by atoms with Gasteiger partial charge in [-0.15, -0.1) is 0 Å². The lowest BCUT2D eigenvalue weighted by Gasteiger charge is -2.02. The zero-order chi connectivity index (χ0) is 12.4. The SMILES string of the molecule is COC1=Cc2cc(CO)oc(=O)c2C(=O)NC1. The summed E-state index contributed by atoms with van der Waals surface area (Å²) in [6.07, 6.45) is 1.57. The van der Waals surface area contributed by atoms with Crippen molar-refractivity contribution in [2.75, 3.05) is 13.7 Å². The van der Waals surface area contributed by atoms with Gasteiger partial charge in [0, 0.05) is 5.56 Å². The maximum atomic E-state index is 11.7. The third-order valence-electron chi connectivity index (χ3n) is 2.42. The number of methoxy groups -OCH3 is 1. The Balaban J connectivity index is 2.65. The first kappa shape index (κ1) is 11.4. The molecule has 0 unspecified atom stereocenters. The molecule has 2 heterocycles. The van der Waals surface area contributed by atoms with Crippen LogP contribution in [0, 0.1) is 0 Å². The molecular formula is C11H11NO5. The van der Waals surface area contributed by atoms with Crippen LogP contribution in [0.4, 0.5) is 0 Å². The van der Waals surface area contributed by atoms with Gasteiger partial charge in [0.15, 0.2) is 0 Å². The van der Waals surface area contributed by atoms with Crippen molar-refractivity contribution in [1.82, 2.24) is 5.32 Å². The Bertz CT molecular complexity index is 543. The Morgan fingerprint density at radius 1 is 1.53 bits per heavy atom. The molecular weight excluding hydrogens is 226 g/mol. The molecule has 1 aromatic rings. The Labute approximate surface area is 96.5 Å². The second-order valence-electron chi connectivity index (χ2n) is 3.49. The highest BCUT2D eigenvalue weighted by atomic mass is 16.5. The standard InChI is InChI=1S/C11H11NO5/c1-16-7-2-6-3-8(5-13)17-11(15)9(6)10(14)12-4-7/h2-3,13H,4-5H2,1H3,(H,12,14). The van der Waals surface area contributed by atoms with Gasteiger partial charge in [-0.1, -0.05) is 0 Å². The predicted octanol–water partition coefficient (Wildman–Crippen LogP) is -0.137. The third-order valence-corrected chi connectivity index (χ3v) is 2.42. The van der Waals surface area contributed by atoms with Crippen LogP contribution in [0.3, 0.4) is 0 Å². The monoisotopic (exact) mass is 237 g/mol. The van der Waals surface area contributed by atoms with Crippen LogP contribution < -0.4 is 10.9 Å². The van der Waals surface area contributed by atoms with Crippen molar-refractivity contribution >= 4 is 12.0 Å². The van der Waals surface area contributed by atoms with E-state index in [2.05, 4.69) is 5.32 Å². The number of amides is 1. The van der Waals surface area contributed by atoms with Crippen LogP contribution in [0.2, 0.25) is 0 Å². The summed E-state index contributed by atoms with van der Waals surface area (Å²) in [5, 5.41) is 11.5. The van der Waals surface area contributed by atoms with E-state index in [1.165, 1.54) is 13.2 Å². The van der Waals surface area contributed by atoms with Crippen LogP contribution in [0.25, 0.3) is 6.08 Å². The van der Waals surface area contributed by atoms with E-state index in [-0.39, 0.29) is 17.9 Å². The molecule has 0 spiro atoms. The first-order valence-corrected chi connectivity index (χ1v) is 4.96. The molecule has 17 heavy (non-hydrogen) atoms. The van der Waals surface area contributed by atoms with Gasteiger partial charge in [-0.25, -0.2) is 4.79 Å². The Morgan fingerprint density at radius 3 is 2.94 bits per heavy atom. The number of rotatable bonds is 2. The number of aliphatic hydroxyl groups is 1. The highest BCUT2D eigenvalue weighted by Crippen LogP contribution is 2.15. The summed E-state index contributed by atoms with van der Waals surface area (Å²) in [4.78, 5) is 23.3. The van der Waals surface area contributed by atoms with E-state index < -0.39 is 18.1 Å². The van der Waals surface area contributed by atoms with Gasteiger partial charge in [0.05, 0.1) is 13.7 Å². The van der Waals surface area contributed by atoms with E-state index in [0.717, 1.165) is 0 Å². The van der Waals surface area contributed by atoms with Gasteiger partial charge in [-0.05, 0) is 12.1 Å². The summed E-state index contributed by atoms with van der Waals surface area (Å²) in [6.45, 7) is -0.196. The predicted molar refractivity (Wildman–Crippen MR) is 58.2 cm³/mol. The molecule has 1 aliphatic rings. The highest BCUT2D eigenvalue weighted by Gasteiger charge is 2.21. The molecule has 1 amide bonds. The molecule has 0 bridgehead atoms. The van der Waals surface area contributed by atoms with Gasteiger partial charge in [0.2, 0.25) is 0 Å². The molecule has 90 valence electrons. The lowest BCUT2D eigenvalue weighted by atomic mass is 10.1. The fraction of sp³-hybridized carbons (Fsp3) is 0.273. The van der Waals surface area contributed by atoms with Crippen molar-refractivity contribution in [2.45, 2.75) is 6.61 Å². The first-order valence-electron chi connectivity index (χ1n) is 4.96. The van der Waals surface area contributed by atoms with Gasteiger partial charge < -0.3 is 19.6 Å². The van der Waals surface area contributed by atoms with E-state index in [1.807, 2.05) is 0 Å². The maximum Gasteiger partial charge on any atom is 0.349 e. The van der Waals surface area contributed by atoms with Crippen LogP contribution in [-0.4, -0.2) is 24.7 Å². The van der Waals surface area contributed by atoms with Crippen molar-refractivity contribution in [3.8, 4) is 0 Å². The number of aliphatic hydroxyl groups excluding tert-OH is 1. The smallest absolute Gasteiger partial charge is 0.349 e. The molecule has 1 aromatic heterocycles. The Morgan fingerprint density at radius 2 is 2.29 bits per heavy atom. The molecule has 1 aliphatic heterocycles. The minimum atomic E-state index is -0.766. The average Bonchev–Trinajstić information content (AvgIpc) is 2.48. The molecule has 0 saturated heterocycles. The van der Waals surface area contributed by atoms with Crippen molar-refractivity contribution in [3.63, 3.8) is 0 Å². The lowest BCUT2D eigenvalue weighted by Crippen LogP contribution is -2.29. The largest absolute Gasteiger partial charge is 0.499 e. The van der Waals surface area contributed by atoms with Gasteiger partial charge >= 0.3 is 5.63 Å². The molecule has 0 aliphatic carbocycles. The summed E-state index contributed by atoms with van der Waals surface area (Å²) in [5.41, 5.74) is -0.455. The van der Waals surface area contributed by atoms with Gasteiger partial charge in [-0.2, -0.15) is 0 Å². The number of hydrogen-bond donors (Lipinski definition) is 2. The van der Waals surface area contributed by atoms with Crippen molar-refractivity contribution in [1.29, 1.82) is 0 Å². The number of hydrogen-bond acceptors (Lipinski definition) is 5. The molecule has 0 fully saturated rings. The molecule has 2 rings (SSSR count). The fourth-order valence-corrected chi connectivity index (χ4v) is 1.59. The topological polar surface area (TPSA) is 88.8 Å². The van der Waals surface area contributed by atoms with Crippen LogP contribution in [0.5, 0.6) is 0 Å². The lowest BCUT2D eigenvalue weighted by molar-refractivity contribution is 0.0947. The minimum Gasteiger partial charge on any atom is -0.499 e. The maximum absolute atomic E-state index is 11.7. The van der Waals surface area contributed by atoms with E-state index in [1.54, 1.807) is 6.08 Å². The van der Waals surface area contributed by atoms with Crippen LogP contribution in [0.15, 0.2) is 21.0 Å². The zero-order valence-electron chi connectivity index (χ0n) is 9.15. The summed E-state index contributed by atoms with van der Waals surface area (Å²) >= 11 is 0. The highest BCUT2D eigenvalue weighted by molar-refractivity contribution is 5.98. The molecule has 2 N–H and O–H groups in total. The summed E-state index contributed by atoms with van der Waals surface area (Å²) in [7, 11) is 1.47. The number of carbonyl (C=O) groups is 1. The molecule has 0 saturated carbocycles. The Kier molecular flexibility index (Phi) is 2.97. The zero-order valence-corrected chi connectivity index (χ0v) is 9.15. The summed E-state index contributed by atoms with van der Waals surface area (Å²) in [5.74, 6) is 0.114. The van der Waals surface area contributed by atoms with Gasteiger partial charge in [0.25, 0.3) is 5.91 Å². The van der Waals surface area contributed by atoms with Crippen molar-refractivity contribution < 1.29 is 19.1 Å². The van der Waals surface area contributed by atoms with Crippen molar-refractivity contribution in [2.24, 2.45) is 0 Å². The molecule has 0 aromatic carbocycles. The summed E-state index contributed by atoms with van der Waals surface area (Å²) < 4.78 is 9.82. The van der Waals surface area contributed by atoms with E-state index in [0.29, 0.717) is 11.3 Å². The number of ether oxygens (including phenoxy) is 1. The number of fused-ring (bicyclic) bond motifs is 1. The first-order chi connectivity index (χ1) is 8.15. The Hall–Kier alpha value is -2.08. The quantitative estimate of drug-likeness (QED) is 0.747. The molecule has 0 radical (unpaired) electrons. The van der Waals surface area contributed by atoms with Crippen LogP contribution in [0.1, 0.15) is 21.7 Å². The molecule has 6 nitrogen and oxygen atoms in total. The third kappa shape index (κ3) is 2.07. The second-order valence-corrected chi connectivity index (χ2v) is 3.49. The fourth-order valence-electron chi connectivity index (χ4n) is 1.59. The van der Waals surface area contributed by atoms with Crippen LogP contribution >= 0.6 is 0 Å². The normalized spacial score (nSPS) is 14.5.